The van der Waals surface area contributed by atoms with E-state index in [1.807, 2.05) is 47.9 Å². The molecule has 0 radical (unpaired) electrons. The quantitative estimate of drug-likeness (QED) is 0.673. The van der Waals surface area contributed by atoms with Crippen LogP contribution in [-0.4, -0.2) is 46.3 Å². The molecule has 4 rings (SSSR count). The number of aryl methyl sites for hydroxylation is 1. The molecule has 1 aromatic carbocycles. The van der Waals surface area contributed by atoms with Crippen molar-refractivity contribution in [1.29, 1.82) is 0 Å². The number of para-hydroxylation sites is 1. The Kier molecular flexibility index (Phi) is 4.85. The lowest BCUT2D eigenvalue weighted by Gasteiger charge is -2.41. The first-order valence-corrected chi connectivity index (χ1v) is 9.76. The van der Waals surface area contributed by atoms with Crippen LogP contribution in [0, 0.1) is 6.92 Å². The Hall–Kier alpha value is -3.55. The maximum atomic E-state index is 13.0. The predicted molar refractivity (Wildman–Crippen MR) is 111 cm³/mol. The first kappa shape index (κ1) is 19.8. The average molecular weight is 408 g/mol. The molecule has 8 nitrogen and oxygen atoms in total. The molecule has 0 aliphatic carbocycles. The maximum absolute atomic E-state index is 13.0. The Morgan fingerprint density at radius 3 is 2.67 bits per heavy atom. The zero-order valence-electron chi connectivity index (χ0n) is 17.2. The second-order valence-corrected chi connectivity index (χ2v) is 7.78. The van der Waals surface area contributed by atoms with Crippen LogP contribution in [0.25, 0.3) is 10.9 Å². The number of fused-ring (bicyclic) bond motifs is 3. The molecule has 8 heteroatoms. The van der Waals surface area contributed by atoms with Crippen molar-refractivity contribution in [2.75, 3.05) is 13.6 Å². The molecule has 1 aliphatic rings. The number of amides is 3. The van der Waals surface area contributed by atoms with Gasteiger partial charge in [-0.05, 0) is 38.1 Å². The molecule has 0 unspecified atom stereocenters. The van der Waals surface area contributed by atoms with Gasteiger partial charge in [0, 0.05) is 18.0 Å². The summed E-state index contributed by atoms with van der Waals surface area (Å²) < 4.78 is 7.28. The van der Waals surface area contributed by atoms with Gasteiger partial charge in [0.1, 0.15) is 22.8 Å². The number of hydrogen-bond acceptors (Lipinski definition) is 4. The van der Waals surface area contributed by atoms with Gasteiger partial charge in [-0.15, -0.1) is 0 Å². The molecule has 1 atom stereocenters. The second-order valence-electron chi connectivity index (χ2n) is 7.78. The Balaban J connectivity index is 1.45. The van der Waals surface area contributed by atoms with E-state index in [9.17, 15) is 14.4 Å². The van der Waals surface area contributed by atoms with Gasteiger partial charge in [0.15, 0.2) is 0 Å². The fourth-order valence-electron chi connectivity index (χ4n) is 3.77. The largest absolute Gasteiger partial charge is 0.465 e. The predicted octanol–water partition coefficient (Wildman–Crippen LogP) is 1.82. The highest BCUT2D eigenvalue weighted by Crippen LogP contribution is 2.31. The third kappa shape index (κ3) is 3.34. The summed E-state index contributed by atoms with van der Waals surface area (Å²) in [6, 6.07) is 13.1. The first-order valence-electron chi connectivity index (χ1n) is 9.76. The van der Waals surface area contributed by atoms with Gasteiger partial charge in [0.25, 0.3) is 5.91 Å². The molecular weight excluding hydrogens is 384 g/mol. The van der Waals surface area contributed by atoms with E-state index < -0.39 is 5.54 Å². The number of hydrogen-bond donors (Lipinski definition) is 2. The lowest BCUT2D eigenvalue weighted by Crippen LogP contribution is -2.63. The number of carbonyl (C=O) groups excluding carboxylic acids is 3. The highest BCUT2D eigenvalue weighted by molar-refractivity contribution is 6.03. The minimum Gasteiger partial charge on any atom is -0.465 e. The van der Waals surface area contributed by atoms with Crippen molar-refractivity contribution in [2.24, 2.45) is 0 Å². The molecule has 2 N–H and O–H groups in total. The van der Waals surface area contributed by atoms with Crippen LogP contribution in [0.15, 0.2) is 46.9 Å². The van der Waals surface area contributed by atoms with Gasteiger partial charge in [-0.2, -0.15) is 0 Å². The topological polar surface area (TPSA) is 96.6 Å². The Bertz CT molecular complexity index is 1150. The van der Waals surface area contributed by atoms with Crippen LogP contribution in [0.2, 0.25) is 0 Å². The molecule has 0 saturated carbocycles. The van der Waals surface area contributed by atoms with Crippen LogP contribution in [0.4, 0.5) is 0 Å². The number of benzene rings is 1. The van der Waals surface area contributed by atoms with Crippen LogP contribution in [0.5, 0.6) is 0 Å². The minimum atomic E-state index is -1.12. The number of carbonyl (C=O) groups is 3. The van der Waals surface area contributed by atoms with Crippen molar-refractivity contribution in [3.63, 3.8) is 0 Å². The van der Waals surface area contributed by atoms with E-state index in [0.717, 1.165) is 16.7 Å². The van der Waals surface area contributed by atoms with Crippen LogP contribution >= 0.6 is 0 Å². The smallest absolute Gasteiger partial charge is 0.271 e. The molecule has 3 heterocycles. The van der Waals surface area contributed by atoms with Gasteiger partial charge in [0.05, 0.1) is 19.6 Å². The third-order valence-electron chi connectivity index (χ3n) is 5.70. The summed E-state index contributed by atoms with van der Waals surface area (Å²) in [6.07, 6.45) is 0. The first-order chi connectivity index (χ1) is 14.3. The Morgan fingerprint density at radius 1 is 1.17 bits per heavy atom. The number of furan rings is 1. The van der Waals surface area contributed by atoms with E-state index in [2.05, 4.69) is 10.6 Å². The summed E-state index contributed by atoms with van der Waals surface area (Å²) in [5.41, 5.74) is 0.333. The Morgan fingerprint density at radius 2 is 1.93 bits per heavy atom. The van der Waals surface area contributed by atoms with Gasteiger partial charge in [-0.1, -0.05) is 18.2 Å². The monoisotopic (exact) mass is 408 g/mol. The summed E-state index contributed by atoms with van der Waals surface area (Å²) in [5, 5.41) is 6.32. The maximum Gasteiger partial charge on any atom is 0.271 e. The molecule has 30 heavy (non-hydrogen) atoms. The molecule has 2 aromatic heterocycles. The standard InChI is InChI=1S/C22H24N4O4/c1-14-8-9-16(30-14)11-23-19(27)12-24-21(29)22(2)13-26-17-7-5-4-6-15(17)10-18(26)20(28)25(22)3/h4-10H,11-13H2,1-3H3,(H,23,27)(H,24,29)/t22-/m1/s1. The number of nitrogens with one attached hydrogen (secondary N) is 2. The van der Waals surface area contributed by atoms with Crippen LogP contribution < -0.4 is 10.6 Å². The summed E-state index contributed by atoms with van der Waals surface area (Å²) in [6.45, 7) is 3.90. The van der Waals surface area contributed by atoms with E-state index in [1.54, 1.807) is 20.0 Å². The van der Waals surface area contributed by atoms with E-state index in [1.165, 1.54) is 4.90 Å². The van der Waals surface area contributed by atoms with Gasteiger partial charge < -0.3 is 24.5 Å². The molecular formula is C22H24N4O4. The average Bonchev–Trinajstić information content (AvgIpc) is 3.32. The minimum absolute atomic E-state index is 0.185. The van der Waals surface area contributed by atoms with Gasteiger partial charge in [-0.25, -0.2) is 0 Å². The van der Waals surface area contributed by atoms with Crippen molar-refractivity contribution in [3.05, 3.63) is 59.7 Å². The highest BCUT2D eigenvalue weighted by Gasteiger charge is 2.45. The van der Waals surface area contributed by atoms with E-state index in [-0.39, 0.29) is 30.8 Å². The fraction of sp³-hybridized carbons (Fsp3) is 0.318. The third-order valence-corrected chi connectivity index (χ3v) is 5.70. The number of aromatic nitrogens is 1. The molecule has 3 aromatic rings. The second kappa shape index (κ2) is 7.37. The zero-order chi connectivity index (χ0) is 21.5. The molecule has 0 saturated heterocycles. The van der Waals surface area contributed by atoms with Crippen LogP contribution in [0.3, 0.4) is 0 Å². The van der Waals surface area contributed by atoms with E-state index >= 15 is 0 Å². The molecule has 1 aliphatic heterocycles. The molecule has 3 amide bonds. The summed E-state index contributed by atoms with van der Waals surface area (Å²) in [7, 11) is 1.61. The van der Waals surface area contributed by atoms with E-state index in [4.69, 9.17) is 4.42 Å². The van der Waals surface area contributed by atoms with Crippen LogP contribution in [0.1, 0.15) is 28.9 Å². The number of nitrogens with zero attached hydrogens (tertiary/aromatic N) is 2. The molecule has 156 valence electrons. The molecule has 0 spiro atoms. The van der Waals surface area contributed by atoms with Crippen molar-refractivity contribution in [1.82, 2.24) is 20.1 Å². The molecule has 0 bridgehead atoms. The highest BCUT2D eigenvalue weighted by atomic mass is 16.3. The number of rotatable bonds is 5. The lowest BCUT2D eigenvalue weighted by atomic mass is 9.95. The number of likely N-dealkylation sites (N-methyl/N-ethyl adjacent to an activating group) is 1. The van der Waals surface area contributed by atoms with Crippen molar-refractivity contribution in [3.8, 4) is 0 Å². The Labute approximate surface area is 173 Å². The fourth-order valence-corrected chi connectivity index (χ4v) is 3.77. The van der Waals surface area contributed by atoms with Crippen molar-refractivity contribution >= 4 is 28.6 Å². The van der Waals surface area contributed by atoms with Crippen LogP contribution in [-0.2, 0) is 22.7 Å². The van der Waals surface area contributed by atoms with Gasteiger partial charge >= 0.3 is 0 Å². The summed E-state index contributed by atoms with van der Waals surface area (Å²) >= 11 is 0. The lowest BCUT2D eigenvalue weighted by molar-refractivity contribution is -0.134. The van der Waals surface area contributed by atoms with E-state index in [0.29, 0.717) is 18.0 Å². The van der Waals surface area contributed by atoms with Gasteiger partial charge in [0.2, 0.25) is 11.8 Å². The van der Waals surface area contributed by atoms with Crippen molar-refractivity contribution < 1.29 is 18.8 Å². The summed E-state index contributed by atoms with van der Waals surface area (Å²) in [5.74, 6) is 0.461. The molecule has 0 fully saturated rings. The van der Waals surface area contributed by atoms with Crippen molar-refractivity contribution in [2.45, 2.75) is 32.5 Å². The van der Waals surface area contributed by atoms with Gasteiger partial charge in [-0.3, -0.25) is 14.4 Å². The summed E-state index contributed by atoms with van der Waals surface area (Å²) in [4.78, 5) is 39.5. The SMILES string of the molecule is Cc1ccc(CNC(=O)CNC(=O)[C@@]2(C)Cn3c(cc4ccccc43)C(=O)N2C)o1. The zero-order valence-corrected chi connectivity index (χ0v) is 17.2. The normalized spacial score (nSPS) is 18.4.